The Balaban J connectivity index is 1.94. The van der Waals surface area contributed by atoms with Crippen molar-refractivity contribution >= 4 is 39.2 Å². The number of thiophene rings is 1. The van der Waals surface area contributed by atoms with E-state index in [1.54, 1.807) is 0 Å². The van der Waals surface area contributed by atoms with Gasteiger partial charge in [-0.2, -0.15) is 0 Å². The summed E-state index contributed by atoms with van der Waals surface area (Å²) in [5.74, 6) is 0.227. The molecule has 3 heterocycles. The van der Waals surface area contributed by atoms with Crippen LogP contribution in [-0.2, 0) is 9.59 Å². The summed E-state index contributed by atoms with van der Waals surface area (Å²) < 4.78 is 0.912. The van der Waals surface area contributed by atoms with Gasteiger partial charge >= 0.3 is 0 Å². The monoisotopic (exact) mass is 276 g/mol. The Bertz CT molecular complexity index is 681. The Morgan fingerprint density at radius 3 is 2.89 bits per heavy atom. The number of imide groups is 1. The van der Waals surface area contributed by atoms with Gasteiger partial charge in [0.15, 0.2) is 0 Å². The van der Waals surface area contributed by atoms with Gasteiger partial charge in [0.25, 0.3) is 5.91 Å². The Labute approximate surface area is 113 Å². The summed E-state index contributed by atoms with van der Waals surface area (Å²) >= 11 is 1.53. The second-order valence-electron chi connectivity index (χ2n) is 4.51. The minimum Gasteiger partial charge on any atom is -0.357 e. The molecule has 0 aliphatic carbocycles. The molecule has 1 N–H and O–H groups in total. The highest BCUT2D eigenvalue weighted by atomic mass is 32.1. The number of nitrogens with one attached hydrogen (secondary N) is 1. The summed E-state index contributed by atoms with van der Waals surface area (Å²) in [7, 11) is 1.50. The van der Waals surface area contributed by atoms with Gasteiger partial charge in [0.05, 0.1) is 16.6 Å². The lowest BCUT2D eigenvalue weighted by Crippen LogP contribution is -2.32. The lowest BCUT2D eigenvalue weighted by molar-refractivity contribution is -0.136. The highest BCUT2D eigenvalue weighted by Crippen LogP contribution is 2.29. The van der Waals surface area contributed by atoms with E-state index in [0.717, 1.165) is 20.7 Å². The number of hydrogen-bond donors (Lipinski definition) is 1. The summed E-state index contributed by atoms with van der Waals surface area (Å²) in [6.45, 7) is 1.98. The van der Waals surface area contributed by atoms with Gasteiger partial charge in [-0.05, 0) is 17.9 Å². The van der Waals surface area contributed by atoms with Gasteiger partial charge in [0.2, 0.25) is 5.91 Å². The Morgan fingerprint density at radius 1 is 1.42 bits per heavy atom. The highest BCUT2D eigenvalue weighted by molar-refractivity contribution is 7.18. The van der Waals surface area contributed by atoms with Gasteiger partial charge in [0, 0.05) is 7.05 Å². The van der Waals surface area contributed by atoms with Crippen molar-refractivity contribution in [1.29, 1.82) is 0 Å². The van der Waals surface area contributed by atoms with Crippen molar-refractivity contribution in [2.24, 2.45) is 0 Å². The molecule has 0 unspecified atom stereocenters. The van der Waals surface area contributed by atoms with Crippen LogP contribution in [0.3, 0.4) is 0 Å². The molecule has 3 rings (SSSR count). The molecule has 1 aliphatic rings. The lowest BCUT2D eigenvalue weighted by atomic mass is 10.2. The molecule has 2 aromatic rings. The fourth-order valence-corrected chi connectivity index (χ4v) is 3.06. The predicted molar refractivity (Wildman–Crippen MR) is 72.0 cm³/mol. The molecular formula is C12H12N4O2S. The molecule has 0 saturated carbocycles. The quantitative estimate of drug-likeness (QED) is 0.833. The molecule has 0 radical (unpaired) electrons. The van der Waals surface area contributed by atoms with Crippen molar-refractivity contribution in [3.8, 4) is 0 Å². The van der Waals surface area contributed by atoms with Crippen molar-refractivity contribution in [2.75, 3.05) is 12.4 Å². The third-order valence-electron chi connectivity index (χ3n) is 3.22. The number of anilines is 1. The van der Waals surface area contributed by atoms with Crippen LogP contribution in [0.15, 0.2) is 11.7 Å². The minimum absolute atomic E-state index is 0.171. The number of aromatic nitrogens is 2. The summed E-state index contributed by atoms with van der Waals surface area (Å²) in [5, 5.41) is 5.05. The Morgan fingerprint density at radius 2 is 2.21 bits per heavy atom. The van der Waals surface area contributed by atoms with Crippen molar-refractivity contribution in [3.05, 3.63) is 17.3 Å². The predicted octanol–water partition coefficient (Wildman–Crippen LogP) is 1.17. The molecule has 1 fully saturated rings. The normalized spacial score (nSPS) is 19.5. The molecule has 1 atom stereocenters. The average molecular weight is 276 g/mol. The van der Waals surface area contributed by atoms with Gasteiger partial charge in [-0.3, -0.25) is 14.5 Å². The van der Waals surface area contributed by atoms with Crippen molar-refractivity contribution in [1.82, 2.24) is 14.9 Å². The number of rotatable bonds is 2. The summed E-state index contributed by atoms with van der Waals surface area (Å²) in [6, 6.07) is -0.530. The van der Waals surface area contributed by atoms with Crippen LogP contribution in [-0.4, -0.2) is 39.8 Å². The lowest BCUT2D eigenvalue weighted by Gasteiger charge is -2.11. The zero-order chi connectivity index (χ0) is 13.6. The molecule has 1 saturated heterocycles. The molecule has 7 heteroatoms. The molecule has 2 amide bonds. The first-order chi connectivity index (χ1) is 9.08. The fourth-order valence-electron chi connectivity index (χ4n) is 2.11. The van der Waals surface area contributed by atoms with Gasteiger partial charge in [-0.15, -0.1) is 11.3 Å². The van der Waals surface area contributed by atoms with Crippen LogP contribution >= 0.6 is 11.3 Å². The molecule has 0 bridgehead atoms. The second-order valence-corrected chi connectivity index (χ2v) is 5.39. The Hall–Kier alpha value is -2.02. The number of aryl methyl sites for hydroxylation is 1. The van der Waals surface area contributed by atoms with Crippen LogP contribution in [0, 0.1) is 6.92 Å². The van der Waals surface area contributed by atoms with Crippen LogP contribution in [0.4, 0.5) is 5.82 Å². The molecule has 0 spiro atoms. The SMILES string of the molecule is Cc1csc2c(N[C@H]3CC(=O)N(C)C3=O)ncnc12. The van der Waals surface area contributed by atoms with E-state index < -0.39 is 6.04 Å². The average Bonchev–Trinajstić information content (AvgIpc) is 2.88. The maximum atomic E-state index is 11.9. The highest BCUT2D eigenvalue weighted by Gasteiger charge is 2.36. The number of fused-ring (bicyclic) bond motifs is 1. The molecular weight excluding hydrogens is 264 g/mol. The zero-order valence-electron chi connectivity index (χ0n) is 10.5. The number of carbonyl (C=O) groups excluding carboxylic acids is 2. The van der Waals surface area contributed by atoms with Gasteiger partial charge < -0.3 is 5.32 Å². The van der Waals surface area contributed by atoms with E-state index in [1.807, 2.05) is 12.3 Å². The maximum Gasteiger partial charge on any atom is 0.251 e. The van der Waals surface area contributed by atoms with E-state index in [9.17, 15) is 9.59 Å². The number of likely N-dealkylation sites (N-methyl/N-ethyl adjacent to an activating group) is 1. The summed E-state index contributed by atoms with van der Waals surface area (Å²) in [5.41, 5.74) is 1.96. The molecule has 19 heavy (non-hydrogen) atoms. The number of amides is 2. The molecule has 2 aromatic heterocycles. The number of hydrogen-bond acceptors (Lipinski definition) is 6. The van der Waals surface area contributed by atoms with Crippen LogP contribution in [0.1, 0.15) is 12.0 Å². The van der Waals surface area contributed by atoms with Crippen molar-refractivity contribution in [3.63, 3.8) is 0 Å². The fraction of sp³-hybridized carbons (Fsp3) is 0.333. The second kappa shape index (κ2) is 4.27. The smallest absolute Gasteiger partial charge is 0.251 e. The van der Waals surface area contributed by atoms with Crippen molar-refractivity contribution < 1.29 is 9.59 Å². The maximum absolute atomic E-state index is 11.9. The summed E-state index contributed by atoms with van der Waals surface area (Å²) in [4.78, 5) is 32.9. The number of carbonyl (C=O) groups is 2. The first kappa shape index (κ1) is 12.0. The van der Waals surface area contributed by atoms with Crippen LogP contribution in [0.5, 0.6) is 0 Å². The van der Waals surface area contributed by atoms with E-state index in [0.29, 0.717) is 5.82 Å². The molecule has 98 valence electrons. The van der Waals surface area contributed by atoms with Crippen molar-refractivity contribution in [2.45, 2.75) is 19.4 Å². The Kier molecular flexibility index (Phi) is 2.70. The van der Waals surface area contributed by atoms with Gasteiger partial charge in [-0.25, -0.2) is 9.97 Å². The molecule has 1 aliphatic heterocycles. The first-order valence-electron chi connectivity index (χ1n) is 5.83. The first-order valence-corrected chi connectivity index (χ1v) is 6.71. The number of likely N-dealkylation sites (tertiary alicyclic amines) is 1. The largest absolute Gasteiger partial charge is 0.357 e. The molecule has 0 aromatic carbocycles. The standard InChI is InChI=1S/C12H12N4O2S/c1-6-4-19-10-9(6)13-5-14-11(10)15-7-3-8(17)16(2)12(7)18/h4-5,7H,3H2,1-2H3,(H,13,14,15)/t7-/m0/s1. The van der Waals surface area contributed by atoms with Crippen LogP contribution in [0.25, 0.3) is 10.2 Å². The van der Waals surface area contributed by atoms with E-state index in [-0.39, 0.29) is 18.2 Å². The summed E-state index contributed by atoms with van der Waals surface area (Å²) in [6.07, 6.45) is 1.64. The van der Waals surface area contributed by atoms with Crippen LogP contribution < -0.4 is 5.32 Å². The third-order valence-corrected chi connectivity index (χ3v) is 4.32. The topological polar surface area (TPSA) is 75.2 Å². The third kappa shape index (κ3) is 1.86. The van der Waals surface area contributed by atoms with E-state index in [4.69, 9.17) is 0 Å². The van der Waals surface area contributed by atoms with E-state index in [2.05, 4.69) is 15.3 Å². The zero-order valence-corrected chi connectivity index (χ0v) is 11.3. The molecule has 6 nitrogen and oxygen atoms in total. The van der Waals surface area contributed by atoms with Gasteiger partial charge in [-0.1, -0.05) is 0 Å². The number of nitrogens with zero attached hydrogens (tertiary/aromatic N) is 3. The minimum atomic E-state index is -0.530. The van der Waals surface area contributed by atoms with E-state index >= 15 is 0 Å². The van der Waals surface area contributed by atoms with Crippen LogP contribution in [0.2, 0.25) is 0 Å². The van der Waals surface area contributed by atoms with Gasteiger partial charge in [0.1, 0.15) is 18.2 Å². The van der Waals surface area contributed by atoms with E-state index in [1.165, 1.54) is 24.7 Å².